The third-order valence-corrected chi connectivity index (χ3v) is 6.50. The first-order valence-electron chi connectivity index (χ1n) is 11.6. The van der Waals surface area contributed by atoms with Gasteiger partial charge in [0.05, 0.1) is 24.6 Å². The lowest BCUT2D eigenvalue weighted by molar-refractivity contribution is -0.122. The summed E-state index contributed by atoms with van der Waals surface area (Å²) in [4.78, 5) is 34.8. The molecule has 0 unspecified atom stereocenters. The Morgan fingerprint density at radius 1 is 1.03 bits per heavy atom. The van der Waals surface area contributed by atoms with Crippen molar-refractivity contribution in [2.75, 3.05) is 7.11 Å². The van der Waals surface area contributed by atoms with Gasteiger partial charge >= 0.3 is 0 Å². The SMILES string of the molecule is COc1ccc2c(c1)c(C1=C(c3nn(C)c4ncccc34)C(=O)NC1=O)cn2CCCn1ccnc1. The number of aryl methyl sites for hydroxylation is 3. The van der Waals surface area contributed by atoms with Gasteiger partial charge in [-0.1, -0.05) is 0 Å². The van der Waals surface area contributed by atoms with Crippen LogP contribution in [0.25, 0.3) is 33.1 Å². The minimum absolute atomic E-state index is 0.249. The van der Waals surface area contributed by atoms with Gasteiger partial charge in [-0.2, -0.15) is 5.10 Å². The molecule has 36 heavy (non-hydrogen) atoms. The van der Waals surface area contributed by atoms with E-state index < -0.39 is 11.8 Å². The van der Waals surface area contributed by atoms with E-state index in [1.165, 1.54) is 0 Å². The van der Waals surface area contributed by atoms with Crippen LogP contribution in [0, 0.1) is 0 Å². The Bertz CT molecular complexity index is 1670. The number of carbonyl (C=O) groups excluding carboxylic acids is 2. The number of imide groups is 1. The van der Waals surface area contributed by atoms with Crippen LogP contribution in [0.2, 0.25) is 0 Å². The molecule has 180 valence electrons. The number of amides is 2. The normalized spacial score (nSPS) is 13.8. The van der Waals surface area contributed by atoms with Crippen LogP contribution in [0.1, 0.15) is 17.7 Å². The van der Waals surface area contributed by atoms with E-state index in [2.05, 4.69) is 25.0 Å². The van der Waals surface area contributed by atoms with E-state index in [0.717, 1.165) is 30.4 Å². The molecular formula is C26H23N7O3. The molecule has 5 aromatic rings. The van der Waals surface area contributed by atoms with E-state index in [-0.39, 0.29) is 5.57 Å². The topological polar surface area (TPSA) is 109 Å². The van der Waals surface area contributed by atoms with Crippen molar-refractivity contribution >= 4 is 44.9 Å². The molecular weight excluding hydrogens is 458 g/mol. The van der Waals surface area contributed by atoms with Crippen molar-refractivity contribution in [3.63, 3.8) is 0 Å². The number of rotatable bonds is 7. The predicted octanol–water partition coefficient (Wildman–Crippen LogP) is 2.79. The van der Waals surface area contributed by atoms with Gasteiger partial charge in [-0.05, 0) is 36.8 Å². The average molecular weight is 482 g/mol. The fourth-order valence-corrected chi connectivity index (χ4v) is 4.84. The maximum Gasteiger partial charge on any atom is 0.261 e. The summed E-state index contributed by atoms with van der Waals surface area (Å²) >= 11 is 0. The summed E-state index contributed by atoms with van der Waals surface area (Å²) in [6, 6.07) is 9.42. The van der Waals surface area contributed by atoms with E-state index in [4.69, 9.17) is 4.74 Å². The van der Waals surface area contributed by atoms with Crippen molar-refractivity contribution in [3.8, 4) is 5.75 Å². The van der Waals surface area contributed by atoms with E-state index in [1.54, 1.807) is 43.6 Å². The number of ether oxygens (including phenoxy) is 1. The molecule has 0 saturated heterocycles. The number of hydrogen-bond donors (Lipinski definition) is 1. The smallest absolute Gasteiger partial charge is 0.261 e. The third-order valence-electron chi connectivity index (χ3n) is 6.50. The maximum absolute atomic E-state index is 13.2. The fourth-order valence-electron chi connectivity index (χ4n) is 4.84. The molecule has 1 aliphatic heterocycles. The highest BCUT2D eigenvalue weighted by Gasteiger charge is 2.36. The summed E-state index contributed by atoms with van der Waals surface area (Å²) in [5.74, 6) is -0.250. The first-order chi connectivity index (χ1) is 17.5. The molecule has 5 heterocycles. The van der Waals surface area contributed by atoms with Crippen LogP contribution >= 0.6 is 0 Å². The molecule has 1 aromatic carbocycles. The van der Waals surface area contributed by atoms with Crippen LogP contribution in [0.3, 0.4) is 0 Å². The van der Waals surface area contributed by atoms with Crippen LogP contribution in [0.5, 0.6) is 5.75 Å². The summed E-state index contributed by atoms with van der Waals surface area (Å²) in [7, 11) is 3.37. The fraction of sp³-hybridized carbons (Fsp3) is 0.192. The van der Waals surface area contributed by atoms with Crippen LogP contribution < -0.4 is 10.1 Å². The largest absolute Gasteiger partial charge is 0.497 e. The Hall–Kier alpha value is -4.73. The number of aromatic nitrogens is 6. The number of nitrogens with zero attached hydrogens (tertiary/aromatic N) is 6. The van der Waals surface area contributed by atoms with E-state index >= 15 is 0 Å². The Morgan fingerprint density at radius 2 is 1.89 bits per heavy atom. The second-order valence-corrected chi connectivity index (χ2v) is 8.65. The highest BCUT2D eigenvalue weighted by Crippen LogP contribution is 2.38. The van der Waals surface area contributed by atoms with Gasteiger partial charge in [0.2, 0.25) is 0 Å². The summed E-state index contributed by atoms with van der Waals surface area (Å²) in [5, 5.41) is 8.59. The molecule has 2 amide bonds. The zero-order chi connectivity index (χ0) is 24.8. The number of imidazole rings is 1. The molecule has 6 rings (SSSR count). The van der Waals surface area contributed by atoms with Crippen molar-refractivity contribution in [1.29, 1.82) is 0 Å². The number of hydrogen-bond acceptors (Lipinski definition) is 6. The van der Waals surface area contributed by atoms with E-state index in [1.807, 2.05) is 41.2 Å². The Kier molecular flexibility index (Phi) is 5.14. The first-order valence-corrected chi connectivity index (χ1v) is 11.6. The van der Waals surface area contributed by atoms with Gasteiger partial charge in [-0.15, -0.1) is 0 Å². The predicted molar refractivity (Wildman–Crippen MR) is 134 cm³/mol. The standard InChI is InChI=1S/C26H23N7O3/c1-31-24-17(5-3-8-28-24)23(30-31)22-21(25(34)29-26(22)35)19-14-33(11-4-10-32-12-9-27-15-32)20-7-6-16(36-2)13-18(19)20/h3,5-9,12-15H,4,10-11H2,1-2H3,(H,29,34,35). The number of nitrogens with one attached hydrogen (secondary N) is 1. The number of fused-ring (bicyclic) bond motifs is 2. The Morgan fingerprint density at radius 3 is 2.69 bits per heavy atom. The molecule has 0 atom stereocenters. The molecule has 0 fully saturated rings. The van der Waals surface area contributed by atoms with Gasteiger partial charge in [0, 0.05) is 66.8 Å². The third kappa shape index (κ3) is 3.46. The van der Waals surface area contributed by atoms with Crippen LogP contribution in [-0.4, -0.2) is 47.8 Å². The molecule has 1 aliphatic rings. The molecule has 10 heteroatoms. The van der Waals surface area contributed by atoms with Crippen molar-refractivity contribution in [2.45, 2.75) is 19.5 Å². The maximum atomic E-state index is 13.2. The van der Waals surface area contributed by atoms with Crippen LogP contribution in [-0.2, 0) is 29.7 Å². The van der Waals surface area contributed by atoms with E-state index in [9.17, 15) is 9.59 Å². The highest BCUT2D eigenvalue weighted by atomic mass is 16.5. The van der Waals surface area contributed by atoms with Gasteiger partial charge in [0.1, 0.15) is 11.4 Å². The Labute approximate surface area is 205 Å². The molecule has 0 saturated carbocycles. The number of pyridine rings is 1. The zero-order valence-electron chi connectivity index (χ0n) is 19.8. The summed E-state index contributed by atoms with van der Waals surface area (Å²) < 4.78 is 11.2. The number of methoxy groups -OCH3 is 1. The van der Waals surface area contributed by atoms with Gasteiger partial charge in [-0.25, -0.2) is 14.6 Å². The minimum atomic E-state index is -0.470. The monoisotopic (exact) mass is 481 g/mol. The molecule has 10 nitrogen and oxygen atoms in total. The highest BCUT2D eigenvalue weighted by molar-refractivity contribution is 6.50. The molecule has 1 N–H and O–H groups in total. The summed E-state index contributed by atoms with van der Waals surface area (Å²) in [6.07, 6.45) is 9.96. The van der Waals surface area contributed by atoms with Gasteiger partial charge in [0.25, 0.3) is 11.8 Å². The lowest BCUT2D eigenvalue weighted by Gasteiger charge is -2.06. The van der Waals surface area contributed by atoms with Gasteiger partial charge < -0.3 is 13.9 Å². The molecule has 0 radical (unpaired) electrons. The van der Waals surface area contributed by atoms with Crippen LogP contribution in [0.4, 0.5) is 0 Å². The summed E-state index contributed by atoms with van der Waals surface area (Å²) in [5.41, 5.74) is 3.22. The van der Waals surface area contributed by atoms with Crippen molar-refractivity contribution in [1.82, 2.24) is 34.2 Å². The lowest BCUT2D eigenvalue weighted by Crippen LogP contribution is -2.22. The average Bonchev–Trinajstić information content (AvgIpc) is 3.65. The summed E-state index contributed by atoms with van der Waals surface area (Å²) in [6.45, 7) is 1.53. The molecule has 4 aromatic heterocycles. The van der Waals surface area contributed by atoms with Gasteiger partial charge in [0.15, 0.2) is 5.65 Å². The van der Waals surface area contributed by atoms with Crippen molar-refractivity contribution in [2.24, 2.45) is 7.05 Å². The quantitative estimate of drug-likeness (QED) is 0.358. The second kappa shape index (κ2) is 8.49. The first kappa shape index (κ1) is 21.8. The van der Waals surface area contributed by atoms with Crippen molar-refractivity contribution < 1.29 is 14.3 Å². The Balaban J connectivity index is 1.53. The number of benzene rings is 1. The molecule has 0 spiro atoms. The van der Waals surface area contributed by atoms with E-state index in [0.29, 0.717) is 33.6 Å². The van der Waals surface area contributed by atoms with Crippen molar-refractivity contribution in [3.05, 3.63) is 72.7 Å². The van der Waals surface area contributed by atoms with Gasteiger partial charge in [-0.3, -0.25) is 14.9 Å². The molecule has 0 aliphatic carbocycles. The minimum Gasteiger partial charge on any atom is -0.497 e. The lowest BCUT2D eigenvalue weighted by atomic mass is 9.98. The number of carbonyl (C=O) groups is 2. The van der Waals surface area contributed by atoms with Crippen LogP contribution in [0.15, 0.2) is 61.4 Å². The molecule has 0 bridgehead atoms. The second-order valence-electron chi connectivity index (χ2n) is 8.65. The zero-order valence-corrected chi connectivity index (χ0v) is 19.8.